The number of amides is 1. The second kappa shape index (κ2) is 41.4. The van der Waals surface area contributed by atoms with Gasteiger partial charge in [0.2, 0.25) is 5.91 Å². The van der Waals surface area contributed by atoms with Gasteiger partial charge in [0.25, 0.3) is 0 Å². The lowest BCUT2D eigenvalue weighted by Gasteiger charge is -2.46. The molecule has 14 heteroatoms. The average Bonchev–Trinajstić information content (AvgIpc) is 3.35. The lowest BCUT2D eigenvalue weighted by Crippen LogP contribution is -2.65. The molecule has 2 heterocycles. The van der Waals surface area contributed by atoms with Crippen molar-refractivity contribution in [1.29, 1.82) is 0 Å². The smallest absolute Gasteiger partial charge is 0.220 e. The molecule has 2 aliphatic rings. The molecule has 0 spiro atoms. The van der Waals surface area contributed by atoms with Gasteiger partial charge in [0.1, 0.15) is 48.8 Å². The maximum absolute atomic E-state index is 13.2. The van der Waals surface area contributed by atoms with Gasteiger partial charge in [-0.1, -0.05) is 172 Å². The maximum atomic E-state index is 13.2. The van der Waals surface area contributed by atoms with Crippen molar-refractivity contribution in [1.82, 2.24) is 5.32 Å². The molecule has 2 fully saturated rings. The number of nitrogens with one attached hydrogen (secondary N) is 1. The first-order chi connectivity index (χ1) is 33.6. The van der Waals surface area contributed by atoms with Gasteiger partial charge in [-0.05, 0) is 70.6 Å². The van der Waals surface area contributed by atoms with Crippen LogP contribution in [0.2, 0.25) is 0 Å². The molecule has 1 amide bonds. The van der Waals surface area contributed by atoms with E-state index >= 15 is 0 Å². The summed E-state index contributed by atoms with van der Waals surface area (Å²) in [6.07, 6.45) is 32.9. The molecule has 2 saturated heterocycles. The highest BCUT2D eigenvalue weighted by atomic mass is 16.7. The number of aliphatic hydroxyl groups is 8. The number of allylic oxidation sites excluding steroid dienone is 7. The van der Waals surface area contributed by atoms with Gasteiger partial charge < -0.3 is 65.1 Å². The lowest BCUT2D eigenvalue weighted by atomic mass is 9.97. The number of hydrogen-bond acceptors (Lipinski definition) is 13. The van der Waals surface area contributed by atoms with Gasteiger partial charge in [0.05, 0.1) is 32.0 Å². The van der Waals surface area contributed by atoms with Gasteiger partial charge in [-0.2, -0.15) is 0 Å². The number of unbranched alkanes of at least 4 members (excludes halogenated alkanes) is 23. The molecule has 9 N–H and O–H groups in total. The SMILES string of the molecule is CCCCCCC/C=C\CCCCCCCC(=O)NC(COC1OC(CO)C(OC2OC(CO)C(O)C(O)C2O)C(O)C1O)C(O)/C=C/CC/C=C/CC/C=C/CCCCCCCCCCCCC. The van der Waals surface area contributed by atoms with Crippen molar-refractivity contribution in [2.24, 2.45) is 0 Å². The summed E-state index contributed by atoms with van der Waals surface area (Å²) >= 11 is 0. The summed E-state index contributed by atoms with van der Waals surface area (Å²) in [7, 11) is 0. The molecule has 69 heavy (non-hydrogen) atoms. The summed E-state index contributed by atoms with van der Waals surface area (Å²) in [6, 6.07) is -0.941. The Morgan fingerprint density at radius 2 is 0.928 bits per heavy atom. The van der Waals surface area contributed by atoms with E-state index in [1.54, 1.807) is 6.08 Å². The Labute approximate surface area is 416 Å². The minimum atomic E-state index is -1.79. The number of carbonyl (C=O) groups excluding carboxylic acids is 1. The van der Waals surface area contributed by atoms with Crippen molar-refractivity contribution in [2.75, 3.05) is 19.8 Å². The third-order valence-corrected chi connectivity index (χ3v) is 13.2. The third-order valence-electron chi connectivity index (χ3n) is 13.2. The Hall–Kier alpha value is -2.05. The van der Waals surface area contributed by atoms with Crippen LogP contribution in [-0.4, -0.2) is 140 Å². The standard InChI is InChI=1S/C55H99NO13/c1-3-5-7-9-11-13-15-17-19-20-21-22-23-24-25-26-28-30-32-34-36-38-44(59)43(56-47(60)39-37-35-33-31-29-27-18-16-14-12-10-8-6-4-2)42-66-54-52(65)50(63)53(46(41-58)68-54)69-55-51(64)49(62)48(61)45(40-57)67-55/h16,18,23-24,28,30,36,38,43-46,48-55,57-59,61-65H,3-15,17,19-22,25-27,29,31-35,37,39-42H2,1-2H3,(H,56,60)/b18-16-,24-23+,30-28+,38-36+. The van der Waals surface area contributed by atoms with Crippen LogP contribution in [0.25, 0.3) is 0 Å². The molecule has 0 saturated carbocycles. The van der Waals surface area contributed by atoms with Gasteiger partial charge in [-0.25, -0.2) is 0 Å². The molecule has 0 aliphatic carbocycles. The van der Waals surface area contributed by atoms with Crippen LogP contribution < -0.4 is 5.32 Å². The van der Waals surface area contributed by atoms with Crippen LogP contribution in [0.15, 0.2) is 48.6 Å². The van der Waals surface area contributed by atoms with Crippen LogP contribution in [0.1, 0.15) is 200 Å². The van der Waals surface area contributed by atoms with E-state index in [1.807, 2.05) is 6.08 Å². The fourth-order valence-corrected chi connectivity index (χ4v) is 8.73. The predicted molar refractivity (Wildman–Crippen MR) is 272 cm³/mol. The van der Waals surface area contributed by atoms with E-state index in [9.17, 15) is 45.6 Å². The zero-order valence-corrected chi connectivity index (χ0v) is 42.8. The largest absolute Gasteiger partial charge is 0.394 e. The van der Waals surface area contributed by atoms with E-state index in [0.717, 1.165) is 64.2 Å². The molecule has 14 nitrogen and oxygen atoms in total. The summed E-state index contributed by atoms with van der Waals surface area (Å²) < 4.78 is 22.7. The summed E-state index contributed by atoms with van der Waals surface area (Å²) in [4.78, 5) is 13.2. The van der Waals surface area contributed by atoms with Gasteiger partial charge >= 0.3 is 0 Å². The van der Waals surface area contributed by atoms with Crippen LogP contribution >= 0.6 is 0 Å². The molecular formula is C55H99NO13. The molecule has 0 bridgehead atoms. The second-order valence-electron chi connectivity index (χ2n) is 19.3. The summed E-state index contributed by atoms with van der Waals surface area (Å²) in [5, 5.41) is 86.8. The molecule has 0 aromatic heterocycles. The number of ether oxygens (including phenoxy) is 4. The lowest BCUT2D eigenvalue weighted by molar-refractivity contribution is -0.359. The Kier molecular flexibility index (Phi) is 37.9. The van der Waals surface area contributed by atoms with Gasteiger partial charge in [-0.3, -0.25) is 4.79 Å². The van der Waals surface area contributed by atoms with Gasteiger partial charge in [0.15, 0.2) is 12.6 Å². The number of rotatable bonds is 42. The minimum Gasteiger partial charge on any atom is -0.394 e. The zero-order valence-electron chi connectivity index (χ0n) is 42.8. The molecule has 12 atom stereocenters. The quantitative estimate of drug-likeness (QED) is 0.0209. The monoisotopic (exact) mass is 982 g/mol. The van der Waals surface area contributed by atoms with Crippen LogP contribution in [0.3, 0.4) is 0 Å². The van der Waals surface area contributed by atoms with Crippen molar-refractivity contribution in [2.45, 2.75) is 274 Å². The Morgan fingerprint density at radius 3 is 1.42 bits per heavy atom. The Morgan fingerprint density at radius 1 is 0.507 bits per heavy atom. The van der Waals surface area contributed by atoms with E-state index in [-0.39, 0.29) is 18.9 Å². The van der Waals surface area contributed by atoms with Crippen LogP contribution in [-0.2, 0) is 23.7 Å². The summed E-state index contributed by atoms with van der Waals surface area (Å²) in [5.74, 6) is -0.264. The fraction of sp³-hybridized carbons (Fsp3) is 0.836. The van der Waals surface area contributed by atoms with Crippen molar-refractivity contribution < 1.29 is 64.6 Å². The number of carbonyl (C=O) groups is 1. The van der Waals surface area contributed by atoms with Gasteiger partial charge in [-0.15, -0.1) is 0 Å². The van der Waals surface area contributed by atoms with Crippen molar-refractivity contribution in [3.8, 4) is 0 Å². The highest BCUT2D eigenvalue weighted by molar-refractivity contribution is 5.76. The second-order valence-corrected chi connectivity index (χ2v) is 19.3. The first-order valence-corrected chi connectivity index (χ1v) is 27.4. The molecule has 0 aromatic rings. The van der Waals surface area contributed by atoms with E-state index in [1.165, 1.54) is 103 Å². The van der Waals surface area contributed by atoms with E-state index in [4.69, 9.17) is 18.9 Å². The first-order valence-electron chi connectivity index (χ1n) is 27.4. The first kappa shape index (κ1) is 63.1. The number of aliphatic hydroxyl groups excluding tert-OH is 8. The average molecular weight is 982 g/mol. The predicted octanol–water partition coefficient (Wildman–Crippen LogP) is 8.05. The van der Waals surface area contributed by atoms with Crippen LogP contribution in [0, 0.1) is 0 Å². The van der Waals surface area contributed by atoms with E-state index in [0.29, 0.717) is 12.8 Å². The minimum absolute atomic E-state index is 0.259. The molecule has 0 radical (unpaired) electrons. The van der Waals surface area contributed by atoms with E-state index in [2.05, 4.69) is 55.6 Å². The highest BCUT2D eigenvalue weighted by Gasteiger charge is 2.51. The highest BCUT2D eigenvalue weighted by Crippen LogP contribution is 2.30. The normalized spacial score (nSPS) is 26.5. The number of hydrogen-bond donors (Lipinski definition) is 9. The molecule has 402 valence electrons. The topological polar surface area (TPSA) is 228 Å². The fourth-order valence-electron chi connectivity index (χ4n) is 8.73. The zero-order chi connectivity index (χ0) is 50.3. The Bertz CT molecular complexity index is 1340. The van der Waals surface area contributed by atoms with E-state index < -0.39 is 86.8 Å². The van der Waals surface area contributed by atoms with Crippen LogP contribution in [0.5, 0.6) is 0 Å². The third kappa shape index (κ3) is 28.1. The molecule has 2 rings (SSSR count). The van der Waals surface area contributed by atoms with Crippen LogP contribution in [0.4, 0.5) is 0 Å². The summed E-state index contributed by atoms with van der Waals surface area (Å²) in [6.45, 7) is 2.74. The van der Waals surface area contributed by atoms with Crippen molar-refractivity contribution in [3.63, 3.8) is 0 Å². The van der Waals surface area contributed by atoms with Crippen molar-refractivity contribution in [3.05, 3.63) is 48.6 Å². The molecular weight excluding hydrogens is 883 g/mol. The Balaban J connectivity index is 1.84. The van der Waals surface area contributed by atoms with Gasteiger partial charge in [0, 0.05) is 6.42 Å². The maximum Gasteiger partial charge on any atom is 0.220 e. The van der Waals surface area contributed by atoms with Crippen molar-refractivity contribution >= 4 is 5.91 Å². The molecule has 12 unspecified atom stereocenters. The molecule has 2 aliphatic heterocycles. The molecule has 0 aromatic carbocycles. The summed E-state index contributed by atoms with van der Waals surface area (Å²) in [5.41, 5.74) is 0.